The van der Waals surface area contributed by atoms with E-state index in [2.05, 4.69) is 15.9 Å². The van der Waals surface area contributed by atoms with Crippen LogP contribution in [0.1, 0.15) is 11.1 Å². The number of halogens is 1. The van der Waals surface area contributed by atoms with E-state index in [0.717, 1.165) is 5.56 Å². The van der Waals surface area contributed by atoms with Crippen molar-refractivity contribution in [1.29, 1.82) is 0 Å². The molecule has 0 aromatic heterocycles. The van der Waals surface area contributed by atoms with Crippen molar-refractivity contribution in [2.45, 2.75) is 18.7 Å². The van der Waals surface area contributed by atoms with Crippen LogP contribution in [0.2, 0.25) is 0 Å². The Morgan fingerprint density at radius 1 is 1.00 bits per heavy atom. The number of benzene rings is 2. The Bertz CT molecular complexity index is 769. The molecule has 0 saturated heterocycles. The molecule has 2 aromatic rings. The first kappa shape index (κ1) is 15.9. The SMILES string of the molecule is COc1cc(S(=O)(=O)Oc2ccccc2Br)c(C)cc1C. The molecule has 0 aliphatic rings. The average molecular weight is 371 g/mol. The van der Waals surface area contributed by atoms with Gasteiger partial charge in [-0.2, -0.15) is 8.42 Å². The second kappa shape index (κ2) is 6.07. The Labute approximate surface area is 133 Å². The molecule has 0 heterocycles. The minimum Gasteiger partial charge on any atom is -0.496 e. The van der Waals surface area contributed by atoms with Crippen molar-refractivity contribution in [3.8, 4) is 11.5 Å². The number of rotatable bonds is 4. The van der Waals surface area contributed by atoms with Crippen LogP contribution in [0.3, 0.4) is 0 Å². The molecule has 6 heteroatoms. The van der Waals surface area contributed by atoms with Crippen molar-refractivity contribution < 1.29 is 17.3 Å². The van der Waals surface area contributed by atoms with E-state index in [0.29, 0.717) is 15.8 Å². The van der Waals surface area contributed by atoms with Crippen LogP contribution in [0.25, 0.3) is 0 Å². The van der Waals surface area contributed by atoms with Crippen LogP contribution in [0, 0.1) is 13.8 Å². The first-order chi connectivity index (χ1) is 9.85. The molecule has 0 spiro atoms. The third-order valence-corrected chi connectivity index (χ3v) is 5.03. The van der Waals surface area contributed by atoms with Gasteiger partial charge in [-0.05, 0) is 53.0 Å². The summed E-state index contributed by atoms with van der Waals surface area (Å²) in [5.41, 5.74) is 1.48. The summed E-state index contributed by atoms with van der Waals surface area (Å²) in [6.45, 7) is 3.58. The summed E-state index contributed by atoms with van der Waals surface area (Å²) >= 11 is 3.27. The van der Waals surface area contributed by atoms with Crippen molar-refractivity contribution in [2.75, 3.05) is 7.11 Å². The Kier molecular flexibility index (Phi) is 4.58. The fraction of sp³-hybridized carbons (Fsp3) is 0.200. The molecule has 0 fully saturated rings. The molecule has 0 bridgehead atoms. The van der Waals surface area contributed by atoms with Gasteiger partial charge in [0.15, 0.2) is 5.75 Å². The van der Waals surface area contributed by atoms with Gasteiger partial charge in [0, 0.05) is 6.07 Å². The van der Waals surface area contributed by atoms with E-state index in [4.69, 9.17) is 8.92 Å². The van der Waals surface area contributed by atoms with Crippen LogP contribution < -0.4 is 8.92 Å². The number of para-hydroxylation sites is 1. The third kappa shape index (κ3) is 3.39. The molecule has 4 nitrogen and oxygen atoms in total. The molecule has 0 N–H and O–H groups in total. The highest BCUT2D eigenvalue weighted by atomic mass is 79.9. The fourth-order valence-electron chi connectivity index (χ4n) is 1.98. The topological polar surface area (TPSA) is 52.6 Å². The summed E-state index contributed by atoms with van der Waals surface area (Å²) in [6.07, 6.45) is 0. The van der Waals surface area contributed by atoms with Gasteiger partial charge in [-0.3, -0.25) is 0 Å². The zero-order valence-electron chi connectivity index (χ0n) is 11.9. The largest absolute Gasteiger partial charge is 0.496 e. The second-order valence-corrected chi connectivity index (χ2v) is 6.92. The molecule has 0 amide bonds. The van der Waals surface area contributed by atoms with E-state index in [-0.39, 0.29) is 10.6 Å². The summed E-state index contributed by atoms with van der Waals surface area (Å²) in [5.74, 6) is 0.756. The summed E-state index contributed by atoms with van der Waals surface area (Å²) in [4.78, 5) is 0.0979. The maximum Gasteiger partial charge on any atom is 0.339 e. The predicted octanol–water partition coefficient (Wildman–Crippen LogP) is 3.84. The van der Waals surface area contributed by atoms with Crippen molar-refractivity contribution in [1.82, 2.24) is 0 Å². The predicted molar refractivity (Wildman–Crippen MR) is 84.4 cm³/mol. The molecule has 0 aliphatic heterocycles. The normalized spacial score (nSPS) is 11.2. The molecule has 0 radical (unpaired) electrons. The van der Waals surface area contributed by atoms with Crippen LogP contribution in [0.4, 0.5) is 0 Å². The maximum absolute atomic E-state index is 12.5. The van der Waals surface area contributed by atoms with Gasteiger partial charge in [0.25, 0.3) is 0 Å². The number of ether oxygens (including phenoxy) is 1. The van der Waals surface area contributed by atoms with Crippen LogP contribution in [0.5, 0.6) is 11.5 Å². The lowest BCUT2D eigenvalue weighted by atomic mass is 10.1. The average Bonchev–Trinajstić information content (AvgIpc) is 2.41. The van der Waals surface area contributed by atoms with Crippen LogP contribution in [-0.4, -0.2) is 15.5 Å². The number of hydrogen-bond acceptors (Lipinski definition) is 4. The summed E-state index contributed by atoms with van der Waals surface area (Å²) < 4.78 is 35.9. The van der Waals surface area contributed by atoms with Crippen molar-refractivity contribution in [3.05, 3.63) is 52.0 Å². The lowest BCUT2D eigenvalue weighted by Crippen LogP contribution is -2.12. The van der Waals surface area contributed by atoms with Gasteiger partial charge in [-0.1, -0.05) is 18.2 Å². The third-order valence-electron chi connectivity index (χ3n) is 3.00. The Hall–Kier alpha value is -1.53. The lowest BCUT2D eigenvalue weighted by molar-refractivity contribution is 0.409. The van der Waals surface area contributed by atoms with Gasteiger partial charge in [0.1, 0.15) is 10.6 Å². The van der Waals surface area contributed by atoms with Crippen molar-refractivity contribution >= 4 is 26.0 Å². The van der Waals surface area contributed by atoms with E-state index in [9.17, 15) is 8.42 Å². The van der Waals surface area contributed by atoms with Gasteiger partial charge in [0.05, 0.1) is 11.6 Å². The van der Waals surface area contributed by atoms with E-state index >= 15 is 0 Å². The van der Waals surface area contributed by atoms with E-state index in [1.54, 1.807) is 37.3 Å². The highest BCUT2D eigenvalue weighted by molar-refractivity contribution is 9.10. The fourth-order valence-corrected chi connectivity index (χ4v) is 3.63. The molecule has 0 atom stereocenters. The van der Waals surface area contributed by atoms with Gasteiger partial charge >= 0.3 is 10.1 Å². The van der Waals surface area contributed by atoms with Crippen LogP contribution >= 0.6 is 15.9 Å². The Balaban J connectivity index is 2.47. The van der Waals surface area contributed by atoms with E-state index in [1.165, 1.54) is 13.2 Å². The molecule has 0 aliphatic carbocycles. The number of aryl methyl sites for hydroxylation is 2. The summed E-state index contributed by atoms with van der Waals surface area (Å²) in [6, 6.07) is 10.0. The van der Waals surface area contributed by atoms with Gasteiger partial charge < -0.3 is 8.92 Å². The summed E-state index contributed by atoms with van der Waals surface area (Å²) in [5, 5.41) is 0. The highest BCUT2D eigenvalue weighted by Crippen LogP contribution is 2.31. The molecule has 21 heavy (non-hydrogen) atoms. The molecule has 0 saturated carbocycles. The number of hydrogen-bond donors (Lipinski definition) is 0. The molecular formula is C15H15BrO4S. The van der Waals surface area contributed by atoms with Crippen molar-refractivity contribution in [2.24, 2.45) is 0 Å². The monoisotopic (exact) mass is 370 g/mol. The minimum absolute atomic E-state index is 0.0979. The van der Waals surface area contributed by atoms with Gasteiger partial charge in [-0.15, -0.1) is 0 Å². The highest BCUT2D eigenvalue weighted by Gasteiger charge is 2.22. The standard InChI is InChI=1S/C15H15BrO4S/c1-10-8-11(2)15(9-14(10)19-3)21(17,18)20-13-7-5-4-6-12(13)16/h4-9H,1-3H3. The molecule has 0 unspecified atom stereocenters. The summed E-state index contributed by atoms with van der Waals surface area (Å²) in [7, 11) is -2.42. The van der Waals surface area contributed by atoms with Crippen LogP contribution in [0.15, 0.2) is 45.8 Å². The first-order valence-electron chi connectivity index (χ1n) is 6.19. The lowest BCUT2D eigenvalue weighted by Gasteiger charge is -2.13. The quantitative estimate of drug-likeness (QED) is 0.767. The Morgan fingerprint density at radius 3 is 2.29 bits per heavy atom. The molecule has 2 rings (SSSR count). The zero-order valence-corrected chi connectivity index (χ0v) is 14.3. The smallest absolute Gasteiger partial charge is 0.339 e. The molecular weight excluding hydrogens is 356 g/mol. The minimum atomic E-state index is -3.93. The van der Waals surface area contributed by atoms with Gasteiger partial charge in [0.2, 0.25) is 0 Å². The number of methoxy groups -OCH3 is 1. The van der Waals surface area contributed by atoms with Gasteiger partial charge in [-0.25, -0.2) is 0 Å². The van der Waals surface area contributed by atoms with E-state index in [1.807, 2.05) is 6.92 Å². The molecule has 2 aromatic carbocycles. The zero-order chi connectivity index (χ0) is 15.6. The van der Waals surface area contributed by atoms with E-state index < -0.39 is 10.1 Å². The van der Waals surface area contributed by atoms with Crippen LogP contribution in [-0.2, 0) is 10.1 Å². The maximum atomic E-state index is 12.5. The Morgan fingerprint density at radius 2 is 1.67 bits per heavy atom. The van der Waals surface area contributed by atoms with Crippen molar-refractivity contribution in [3.63, 3.8) is 0 Å². The molecule has 112 valence electrons. The first-order valence-corrected chi connectivity index (χ1v) is 8.39. The second-order valence-electron chi connectivity index (χ2n) is 4.56.